The summed E-state index contributed by atoms with van der Waals surface area (Å²) in [6, 6.07) is 11.7. The molecule has 2 aromatic carbocycles. The fourth-order valence-corrected chi connectivity index (χ4v) is 3.33. The van der Waals surface area contributed by atoms with Gasteiger partial charge in [-0.1, -0.05) is 25.1 Å². The van der Waals surface area contributed by atoms with Crippen LogP contribution in [0.25, 0.3) is 16.6 Å². The molecule has 0 aliphatic carbocycles. The number of carbonyl (C=O) groups excluding carboxylic acids is 1. The molecule has 5 N–H and O–H groups in total. The molecule has 1 atom stereocenters. The monoisotopic (exact) mass is 419 g/mol. The Kier molecular flexibility index (Phi) is 6.74. The van der Waals surface area contributed by atoms with Crippen LogP contribution in [0.1, 0.15) is 43.9 Å². The number of aliphatic imine (C=N–C) groups is 1. The van der Waals surface area contributed by atoms with Crippen LogP contribution in [0.2, 0.25) is 0 Å². The Morgan fingerprint density at radius 3 is 2.74 bits per heavy atom. The lowest BCUT2D eigenvalue weighted by atomic mass is 9.96. The van der Waals surface area contributed by atoms with Crippen LogP contribution in [0.5, 0.6) is 5.75 Å². The van der Waals surface area contributed by atoms with Gasteiger partial charge < -0.3 is 16.2 Å². The van der Waals surface area contributed by atoms with Gasteiger partial charge in [-0.15, -0.1) is 0 Å². The zero-order chi connectivity index (χ0) is 22.5. The van der Waals surface area contributed by atoms with Crippen LogP contribution in [0.15, 0.2) is 53.3 Å². The van der Waals surface area contributed by atoms with E-state index in [1.54, 1.807) is 13.1 Å². The normalized spacial score (nSPS) is 13.7. The fourth-order valence-electron chi connectivity index (χ4n) is 3.33. The van der Waals surface area contributed by atoms with Gasteiger partial charge in [0, 0.05) is 22.4 Å². The molecule has 1 heterocycles. The molecule has 31 heavy (non-hydrogen) atoms. The summed E-state index contributed by atoms with van der Waals surface area (Å²) < 4.78 is 5.75. The molecule has 3 aromatic rings. The number of hydrogen-bond donors (Lipinski definition) is 3. The van der Waals surface area contributed by atoms with Gasteiger partial charge in [0.15, 0.2) is 0 Å². The Bertz CT molecular complexity index is 1160. The Labute approximate surface area is 182 Å². The molecular formula is C24H29N5O2. The van der Waals surface area contributed by atoms with Gasteiger partial charge in [0.05, 0.1) is 29.9 Å². The number of aryl methyl sites for hydroxylation is 1. The molecular weight excluding hydrogens is 390 g/mol. The molecule has 1 aromatic heterocycles. The molecule has 0 radical (unpaired) electrons. The molecule has 1 amide bonds. The molecule has 0 saturated carbocycles. The highest BCUT2D eigenvalue weighted by Crippen LogP contribution is 2.32. The van der Waals surface area contributed by atoms with Crippen LogP contribution in [0.3, 0.4) is 0 Å². The van der Waals surface area contributed by atoms with Crippen molar-refractivity contribution >= 4 is 28.2 Å². The van der Waals surface area contributed by atoms with Crippen molar-refractivity contribution in [3.8, 4) is 5.75 Å². The lowest BCUT2D eigenvalue weighted by molar-refractivity contribution is -0.120. The number of amides is 1. The minimum absolute atomic E-state index is 0.321. The van der Waals surface area contributed by atoms with Gasteiger partial charge in [-0.2, -0.15) is 5.10 Å². The smallest absolute Gasteiger partial charge is 0.226 e. The zero-order valence-electron chi connectivity index (χ0n) is 18.4. The SMILES string of the molecule is CCCOc1cccc(C(C)=N/C(=C(/N)C(C)C(N)=O)c2c(C)ccc3[nH]ncc23)c1. The van der Waals surface area contributed by atoms with E-state index in [1.807, 2.05) is 50.2 Å². The number of H-pyrrole nitrogens is 1. The van der Waals surface area contributed by atoms with Gasteiger partial charge in [0.25, 0.3) is 0 Å². The van der Waals surface area contributed by atoms with Crippen molar-refractivity contribution in [1.82, 2.24) is 10.2 Å². The van der Waals surface area contributed by atoms with E-state index in [-0.39, 0.29) is 0 Å². The van der Waals surface area contributed by atoms with E-state index < -0.39 is 11.8 Å². The summed E-state index contributed by atoms with van der Waals surface area (Å²) in [6.45, 7) is 8.29. The van der Waals surface area contributed by atoms with Gasteiger partial charge in [0.1, 0.15) is 5.75 Å². The summed E-state index contributed by atoms with van der Waals surface area (Å²) in [7, 11) is 0. The van der Waals surface area contributed by atoms with E-state index in [0.717, 1.165) is 45.5 Å². The van der Waals surface area contributed by atoms with Crippen LogP contribution >= 0.6 is 0 Å². The quantitative estimate of drug-likeness (QED) is 0.479. The predicted molar refractivity (Wildman–Crippen MR) is 125 cm³/mol. The number of rotatable bonds is 8. The van der Waals surface area contributed by atoms with E-state index in [9.17, 15) is 4.79 Å². The second kappa shape index (κ2) is 9.47. The number of benzene rings is 2. The molecule has 0 aliphatic heterocycles. The molecule has 7 heteroatoms. The molecule has 1 unspecified atom stereocenters. The number of nitrogens with two attached hydrogens (primary N) is 2. The number of hydrogen-bond acceptors (Lipinski definition) is 5. The van der Waals surface area contributed by atoms with Crippen LogP contribution in [0, 0.1) is 12.8 Å². The topological polar surface area (TPSA) is 119 Å². The van der Waals surface area contributed by atoms with Gasteiger partial charge in [-0.25, -0.2) is 0 Å². The van der Waals surface area contributed by atoms with Crippen molar-refractivity contribution in [3.05, 3.63) is 65.0 Å². The lowest BCUT2D eigenvalue weighted by Crippen LogP contribution is -2.26. The van der Waals surface area contributed by atoms with Gasteiger partial charge in [-0.3, -0.25) is 14.9 Å². The van der Waals surface area contributed by atoms with Crippen molar-refractivity contribution in [2.45, 2.75) is 34.1 Å². The molecule has 0 aliphatic rings. The van der Waals surface area contributed by atoms with Crippen molar-refractivity contribution in [1.29, 1.82) is 0 Å². The molecule has 0 bridgehead atoms. The first-order chi connectivity index (χ1) is 14.8. The summed E-state index contributed by atoms with van der Waals surface area (Å²) in [5.74, 6) is -0.395. The Balaban J connectivity index is 2.18. The molecule has 0 saturated heterocycles. The summed E-state index contributed by atoms with van der Waals surface area (Å²) in [6.07, 6.45) is 2.67. The number of fused-ring (bicyclic) bond motifs is 1. The molecule has 7 nitrogen and oxygen atoms in total. The molecule has 3 rings (SSSR count). The van der Waals surface area contributed by atoms with Crippen LogP contribution in [-0.4, -0.2) is 28.4 Å². The second-order valence-electron chi connectivity index (χ2n) is 7.59. The maximum absolute atomic E-state index is 11.9. The van der Waals surface area contributed by atoms with E-state index in [1.165, 1.54) is 0 Å². The fraction of sp³-hybridized carbons (Fsp3) is 0.292. The highest BCUT2D eigenvalue weighted by Gasteiger charge is 2.21. The van der Waals surface area contributed by atoms with Crippen LogP contribution in [-0.2, 0) is 4.79 Å². The van der Waals surface area contributed by atoms with Crippen molar-refractivity contribution in [2.24, 2.45) is 22.4 Å². The standard InChI is InChI=1S/C24H29N5O2/c1-5-11-31-18-8-6-7-17(12-18)16(4)28-23(22(25)15(3)24(26)30)21-14(2)9-10-20-19(21)13-27-29-20/h6-10,12-13,15H,5,11,25H2,1-4H3,(H2,26,30)(H,27,29)/b23-22+,28-16?. The highest BCUT2D eigenvalue weighted by atomic mass is 16.5. The summed E-state index contributed by atoms with van der Waals surface area (Å²) in [5, 5.41) is 8.01. The third-order valence-electron chi connectivity index (χ3n) is 5.24. The van der Waals surface area contributed by atoms with Crippen molar-refractivity contribution in [3.63, 3.8) is 0 Å². The summed E-state index contributed by atoms with van der Waals surface area (Å²) >= 11 is 0. The van der Waals surface area contributed by atoms with Gasteiger partial charge in [-0.05, 0) is 56.5 Å². The number of carbonyl (C=O) groups is 1. The van der Waals surface area contributed by atoms with Crippen LogP contribution in [0.4, 0.5) is 0 Å². The average Bonchev–Trinajstić information content (AvgIpc) is 3.24. The Hall–Kier alpha value is -3.61. The maximum Gasteiger partial charge on any atom is 0.226 e. The zero-order valence-corrected chi connectivity index (χ0v) is 18.4. The number of ether oxygens (including phenoxy) is 1. The first-order valence-corrected chi connectivity index (χ1v) is 10.3. The van der Waals surface area contributed by atoms with Crippen molar-refractivity contribution in [2.75, 3.05) is 6.61 Å². The van der Waals surface area contributed by atoms with Gasteiger partial charge >= 0.3 is 0 Å². The van der Waals surface area contributed by atoms with Gasteiger partial charge in [0.2, 0.25) is 5.91 Å². The van der Waals surface area contributed by atoms with E-state index in [4.69, 9.17) is 21.2 Å². The molecule has 162 valence electrons. The highest BCUT2D eigenvalue weighted by molar-refractivity contribution is 6.04. The number of nitrogens with zero attached hydrogens (tertiary/aromatic N) is 2. The first kappa shape index (κ1) is 22.1. The minimum Gasteiger partial charge on any atom is -0.494 e. The average molecular weight is 420 g/mol. The Morgan fingerprint density at radius 2 is 2.03 bits per heavy atom. The Morgan fingerprint density at radius 1 is 1.26 bits per heavy atom. The third kappa shape index (κ3) is 4.77. The number of primary amides is 1. The maximum atomic E-state index is 11.9. The molecule has 0 spiro atoms. The van der Waals surface area contributed by atoms with E-state index in [2.05, 4.69) is 17.1 Å². The number of aromatic nitrogens is 2. The number of nitrogens with one attached hydrogen (secondary N) is 1. The first-order valence-electron chi connectivity index (χ1n) is 10.3. The lowest BCUT2D eigenvalue weighted by Gasteiger charge is -2.16. The second-order valence-corrected chi connectivity index (χ2v) is 7.59. The molecule has 0 fully saturated rings. The number of aromatic amines is 1. The summed E-state index contributed by atoms with van der Waals surface area (Å²) in [4.78, 5) is 16.8. The predicted octanol–water partition coefficient (Wildman–Crippen LogP) is 3.92. The third-order valence-corrected chi connectivity index (χ3v) is 5.24. The summed E-state index contributed by atoms with van der Waals surface area (Å²) in [5.41, 5.74) is 17.2. The van der Waals surface area contributed by atoms with E-state index >= 15 is 0 Å². The van der Waals surface area contributed by atoms with E-state index in [0.29, 0.717) is 18.0 Å². The van der Waals surface area contributed by atoms with Crippen LogP contribution < -0.4 is 16.2 Å². The largest absolute Gasteiger partial charge is 0.494 e. The minimum atomic E-state index is -0.674. The van der Waals surface area contributed by atoms with Crippen molar-refractivity contribution < 1.29 is 9.53 Å².